The molecule has 0 bridgehead atoms. The van der Waals surface area contributed by atoms with E-state index in [9.17, 15) is 9.59 Å². The summed E-state index contributed by atoms with van der Waals surface area (Å²) >= 11 is 3.41. The number of aryl methyl sites for hydroxylation is 1. The maximum absolute atomic E-state index is 11.8. The molecule has 0 fully saturated rings. The lowest BCUT2D eigenvalue weighted by atomic mass is 10.1. The molecule has 0 saturated carbocycles. The lowest BCUT2D eigenvalue weighted by Crippen LogP contribution is -2.32. The Hall–Kier alpha value is -2.14. The van der Waals surface area contributed by atoms with Crippen LogP contribution >= 0.6 is 15.9 Å². The number of carbonyl (C=O) groups is 2. The molecule has 126 valence electrons. The molecule has 2 aromatic rings. The molecule has 0 spiro atoms. The van der Waals surface area contributed by atoms with Gasteiger partial charge >= 0.3 is 0 Å². The first-order valence-electron chi connectivity index (χ1n) is 7.99. The fourth-order valence-corrected chi connectivity index (χ4v) is 2.52. The third-order valence-electron chi connectivity index (χ3n) is 3.54. The molecule has 2 rings (SSSR count). The van der Waals surface area contributed by atoms with Crippen molar-refractivity contribution in [2.75, 3.05) is 11.9 Å². The van der Waals surface area contributed by atoms with Gasteiger partial charge in [0, 0.05) is 16.6 Å². The van der Waals surface area contributed by atoms with Crippen LogP contribution in [0.5, 0.6) is 0 Å². The van der Waals surface area contributed by atoms with E-state index in [1.165, 1.54) is 5.56 Å². The molecule has 2 amide bonds. The van der Waals surface area contributed by atoms with Crippen molar-refractivity contribution in [1.82, 2.24) is 5.32 Å². The van der Waals surface area contributed by atoms with E-state index in [1.807, 2.05) is 42.5 Å². The summed E-state index contributed by atoms with van der Waals surface area (Å²) in [6.45, 7) is 0.000436. The number of rotatable bonds is 8. The van der Waals surface area contributed by atoms with Gasteiger partial charge in [-0.15, -0.1) is 0 Å². The molecule has 2 N–H and O–H groups in total. The minimum absolute atomic E-state index is 0.000436. The summed E-state index contributed by atoms with van der Waals surface area (Å²) in [6.07, 6.45) is 3.15. The van der Waals surface area contributed by atoms with Crippen molar-refractivity contribution >= 4 is 33.4 Å². The monoisotopic (exact) mass is 388 g/mol. The minimum atomic E-state index is -0.218. The number of hydrogen-bond acceptors (Lipinski definition) is 2. The van der Waals surface area contributed by atoms with Crippen molar-refractivity contribution < 1.29 is 9.59 Å². The number of halogens is 1. The van der Waals surface area contributed by atoms with E-state index in [0.717, 1.165) is 29.4 Å². The van der Waals surface area contributed by atoms with Gasteiger partial charge in [0.2, 0.25) is 11.8 Å². The number of unbranched alkanes of at least 4 members (excludes halogenated alkanes) is 1. The predicted octanol–water partition coefficient (Wildman–Crippen LogP) is 3.92. The molecule has 4 nitrogen and oxygen atoms in total. The number of carbonyl (C=O) groups excluding carboxylic acids is 2. The third kappa shape index (κ3) is 6.96. The Balaban J connectivity index is 1.58. The summed E-state index contributed by atoms with van der Waals surface area (Å²) in [4.78, 5) is 23.5. The topological polar surface area (TPSA) is 58.2 Å². The van der Waals surface area contributed by atoms with Crippen molar-refractivity contribution in [3.05, 3.63) is 64.6 Å². The highest BCUT2D eigenvalue weighted by molar-refractivity contribution is 9.10. The van der Waals surface area contributed by atoms with Crippen molar-refractivity contribution in [3.8, 4) is 0 Å². The number of benzene rings is 2. The molecule has 0 aliphatic carbocycles. The normalized spacial score (nSPS) is 10.2. The van der Waals surface area contributed by atoms with Crippen LogP contribution in [0.2, 0.25) is 0 Å². The Morgan fingerprint density at radius 3 is 2.29 bits per heavy atom. The predicted molar refractivity (Wildman–Crippen MR) is 99.8 cm³/mol. The maximum atomic E-state index is 11.8. The van der Waals surface area contributed by atoms with E-state index in [2.05, 4.69) is 38.7 Å². The van der Waals surface area contributed by atoms with E-state index < -0.39 is 0 Å². The highest BCUT2D eigenvalue weighted by Crippen LogP contribution is 2.12. The number of nitrogens with one attached hydrogen (secondary N) is 2. The smallest absolute Gasteiger partial charge is 0.243 e. The van der Waals surface area contributed by atoms with E-state index in [4.69, 9.17) is 0 Å². The quantitative estimate of drug-likeness (QED) is 0.673. The summed E-state index contributed by atoms with van der Waals surface area (Å²) in [5.41, 5.74) is 1.99. The summed E-state index contributed by atoms with van der Waals surface area (Å²) in [7, 11) is 0. The fourth-order valence-electron chi connectivity index (χ4n) is 2.26. The molecule has 24 heavy (non-hydrogen) atoms. The van der Waals surface area contributed by atoms with Gasteiger partial charge in [0.25, 0.3) is 0 Å². The fraction of sp³-hybridized carbons (Fsp3) is 0.263. The molecule has 0 radical (unpaired) electrons. The molecular weight excluding hydrogens is 368 g/mol. The number of anilines is 1. The first kappa shape index (κ1) is 18.2. The van der Waals surface area contributed by atoms with Crippen LogP contribution < -0.4 is 10.6 Å². The molecule has 0 unspecified atom stereocenters. The zero-order chi connectivity index (χ0) is 17.2. The van der Waals surface area contributed by atoms with Gasteiger partial charge in [-0.3, -0.25) is 9.59 Å². The van der Waals surface area contributed by atoms with Gasteiger partial charge in [-0.25, -0.2) is 0 Å². The van der Waals surface area contributed by atoms with Crippen molar-refractivity contribution in [1.29, 1.82) is 0 Å². The molecule has 0 aliphatic rings. The van der Waals surface area contributed by atoms with Crippen LogP contribution in [-0.2, 0) is 16.0 Å². The van der Waals surface area contributed by atoms with Crippen molar-refractivity contribution in [3.63, 3.8) is 0 Å². The van der Waals surface area contributed by atoms with E-state index in [1.54, 1.807) is 0 Å². The molecule has 5 heteroatoms. The maximum Gasteiger partial charge on any atom is 0.243 e. The second-order valence-electron chi connectivity index (χ2n) is 5.52. The molecule has 0 atom stereocenters. The van der Waals surface area contributed by atoms with Crippen LogP contribution in [0.25, 0.3) is 0 Å². The summed E-state index contributed by atoms with van der Waals surface area (Å²) in [5.74, 6) is -0.307. The van der Waals surface area contributed by atoms with Gasteiger partial charge in [0.05, 0.1) is 6.54 Å². The van der Waals surface area contributed by atoms with Gasteiger partial charge in [0.15, 0.2) is 0 Å². The first-order valence-corrected chi connectivity index (χ1v) is 8.79. The zero-order valence-electron chi connectivity index (χ0n) is 13.4. The third-order valence-corrected chi connectivity index (χ3v) is 4.06. The summed E-state index contributed by atoms with van der Waals surface area (Å²) in [6, 6.07) is 17.4. The summed E-state index contributed by atoms with van der Waals surface area (Å²) in [5, 5.41) is 5.38. The molecule has 0 saturated heterocycles. The van der Waals surface area contributed by atoms with Crippen LogP contribution in [0, 0.1) is 0 Å². The van der Waals surface area contributed by atoms with Gasteiger partial charge in [0.1, 0.15) is 0 Å². The van der Waals surface area contributed by atoms with Gasteiger partial charge < -0.3 is 10.6 Å². The van der Waals surface area contributed by atoms with E-state index in [-0.39, 0.29) is 18.4 Å². The second kappa shape index (κ2) is 9.88. The standard InChI is InChI=1S/C19H21BrN2O2/c20-16-12-10-15(11-13-16)6-4-5-9-18(23)21-14-19(24)22-17-7-2-1-3-8-17/h1-3,7-8,10-13H,4-6,9,14H2,(H,21,23)(H,22,24). The van der Waals surface area contributed by atoms with Crippen LogP contribution in [0.4, 0.5) is 5.69 Å². The van der Waals surface area contributed by atoms with Gasteiger partial charge in [-0.2, -0.15) is 0 Å². The van der Waals surface area contributed by atoms with Gasteiger partial charge in [-0.05, 0) is 49.1 Å². The number of hydrogen-bond donors (Lipinski definition) is 2. The number of para-hydroxylation sites is 1. The first-order chi connectivity index (χ1) is 11.6. The Labute approximate surface area is 150 Å². The molecule has 0 aromatic heterocycles. The van der Waals surface area contributed by atoms with E-state index in [0.29, 0.717) is 6.42 Å². The molecular formula is C19H21BrN2O2. The van der Waals surface area contributed by atoms with Crippen molar-refractivity contribution in [2.24, 2.45) is 0 Å². The lowest BCUT2D eigenvalue weighted by Gasteiger charge is -2.07. The van der Waals surface area contributed by atoms with Crippen LogP contribution in [0.3, 0.4) is 0 Å². The SMILES string of the molecule is O=C(CCCCc1ccc(Br)cc1)NCC(=O)Nc1ccccc1. The summed E-state index contributed by atoms with van der Waals surface area (Å²) < 4.78 is 1.07. The Morgan fingerprint density at radius 1 is 0.875 bits per heavy atom. The zero-order valence-corrected chi connectivity index (χ0v) is 15.0. The van der Waals surface area contributed by atoms with Crippen LogP contribution in [-0.4, -0.2) is 18.4 Å². The average Bonchev–Trinajstić information content (AvgIpc) is 2.59. The molecule has 0 heterocycles. The average molecular weight is 389 g/mol. The second-order valence-corrected chi connectivity index (χ2v) is 6.44. The molecule has 0 aliphatic heterocycles. The largest absolute Gasteiger partial charge is 0.347 e. The van der Waals surface area contributed by atoms with Crippen LogP contribution in [0.1, 0.15) is 24.8 Å². The Morgan fingerprint density at radius 2 is 1.58 bits per heavy atom. The lowest BCUT2D eigenvalue weighted by molar-refractivity contribution is -0.124. The highest BCUT2D eigenvalue weighted by atomic mass is 79.9. The van der Waals surface area contributed by atoms with Gasteiger partial charge in [-0.1, -0.05) is 46.3 Å². The molecule has 2 aromatic carbocycles. The minimum Gasteiger partial charge on any atom is -0.347 e. The van der Waals surface area contributed by atoms with E-state index >= 15 is 0 Å². The van der Waals surface area contributed by atoms with Crippen LogP contribution in [0.15, 0.2) is 59.1 Å². The number of amides is 2. The Kier molecular flexibility index (Phi) is 7.49. The van der Waals surface area contributed by atoms with Crippen molar-refractivity contribution in [2.45, 2.75) is 25.7 Å². The highest BCUT2D eigenvalue weighted by Gasteiger charge is 2.06. The Bertz CT molecular complexity index is 657.